The number of hydrogen-bond donors (Lipinski definition) is 1. The smallest absolute Gasteiger partial charge is 0.262 e. The summed E-state index contributed by atoms with van der Waals surface area (Å²) in [4.78, 5) is 12.5. The lowest BCUT2D eigenvalue weighted by atomic mass is 9.86. The van der Waals surface area contributed by atoms with Gasteiger partial charge in [-0.1, -0.05) is 31.4 Å². The molecule has 0 heterocycles. The Morgan fingerprint density at radius 2 is 1.92 bits per heavy atom. The van der Waals surface area contributed by atoms with Crippen molar-refractivity contribution in [1.29, 1.82) is 5.26 Å². The molecule has 2 rings (SSSR count). The van der Waals surface area contributed by atoms with Crippen LogP contribution < -0.4 is 14.8 Å². The van der Waals surface area contributed by atoms with Crippen LogP contribution in [0.5, 0.6) is 11.5 Å². The summed E-state index contributed by atoms with van der Waals surface area (Å²) in [6.07, 6.45) is 5.81. The van der Waals surface area contributed by atoms with Crippen molar-refractivity contribution in [1.82, 2.24) is 5.32 Å². The average molecular weight is 363 g/mol. The monoisotopic (exact) mass is 362 g/mol. The highest BCUT2D eigenvalue weighted by atomic mass is 35.5. The molecule has 1 aliphatic rings. The van der Waals surface area contributed by atoms with Crippen LogP contribution in [0, 0.1) is 17.2 Å². The number of carbonyl (C=O) groups excluding carboxylic acids is 1. The molecule has 0 saturated heterocycles. The SMILES string of the molecule is COc1cc(Cl)c(/C=C(\C#N)C(=O)N[C@H]2CCCC[C@H]2C)cc1OC. The second-order valence-electron chi connectivity index (χ2n) is 6.24. The Kier molecular flexibility index (Phi) is 6.72. The number of nitriles is 1. The molecule has 5 nitrogen and oxygen atoms in total. The first-order chi connectivity index (χ1) is 12.0. The fraction of sp³-hybridized carbons (Fsp3) is 0.474. The molecule has 0 spiro atoms. The average Bonchev–Trinajstić information content (AvgIpc) is 2.62. The van der Waals surface area contributed by atoms with Crippen LogP contribution in [-0.2, 0) is 4.79 Å². The van der Waals surface area contributed by atoms with Crippen LogP contribution in [0.4, 0.5) is 0 Å². The van der Waals surface area contributed by atoms with E-state index in [0.29, 0.717) is 28.0 Å². The van der Waals surface area contributed by atoms with Gasteiger partial charge < -0.3 is 14.8 Å². The van der Waals surface area contributed by atoms with Crippen molar-refractivity contribution in [3.63, 3.8) is 0 Å². The number of rotatable bonds is 5. The molecule has 0 aliphatic heterocycles. The predicted octanol–water partition coefficient (Wildman–Crippen LogP) is 3.96. The van der Waals surface area contributed by atoms with Gasteiger partial charge in [0.15, 0.2) is 11.5 Å². The van der Waals surface area contributed by atoms with Crippen molar-refractivity contribution in [3.05, 3.63) is 28.3 Å². The van der Waals surface area contributed by atoms with Gasteiger partial charge in [0.05, 0.1) is 19.2 Å². The number of nitrogens with zero attached hydrogens (tertiary/aromatic N) is 1. The lowest BCUT2D eigenvalue weighted by Gasteiger charge is -2.29. The lowest BCUT2D eigenvalue weighted by Crippen LogP contribution is -2.41. The van der Waals surface area contributed by atoms with E-state index in [2.05, 4.69) is 12.2 Å². The second-order valence-corrected chi connectivity index (χ2v) is 6.65. The van der Waals surface area contributed by atoms with E-state index in [1.807, 2.05) is 6.07 Å². The van der Waals surface area contributed by atoms with E-state index in [9.17, 15) is 10.1 Å². The Morgan fingerprint density at radius 3 is 2.52 bits per heavy atom. The zero-order valence-corrected chi connectivity index (χ0v) is 15.5. The first kappa shape index (κ1) is 19.1. The van der Waals surface area contributed by atoms with Crippen LogP contribution >= 0.6 is 11.6 Å². The van der Waals surface area contributed by atoms with E-state index in [0.717, 1.165) is 19.3 Å². The summed E-state index contributed by atoms with van der Waals surface area (Å²) >= 11 is 6.24. The molecular formula is C19H23ClN2O3. The molecule has 1 N–H and O–H groups in total. The number of methoxy groups -OCH3 is 2. The summed E-state index contributed by atoms with van der Waals surface area (Å²) in [7, 11) is 3.03. The first-order valence-electron chi connectivity index (χ1n) is 8.34. The van der Waals surface area contributed by atoms with Crippen LogP contribution in [-0.4, -0.2) is 26.2 Å². The van der Waals surface area contributed by atoms with Crippen molar-refractivity contribution in [2.24, 2.45) is 5.92 Å². The zero-order chi connectivity index (χ0) is 18.4. The summed E-state index contributed by atoms with van der Waals surface area (Å²) < 4.78 is 10.4. The van der Waals surface area contributed by atoms with E-state index in [1.165, 1.54) is 26.7 Å². The van der Waals surface area contributed by atoms with Gasteiger partial charge in [-0.15, -0.1) is 0 Å². The Balaban J connectivity index is 2.24. The van der Waals surface area contributed by atoms with Gasteiger partial charge in [0.2, 0.25) is 0 Å². The maximum atomic E-state index is 12.5. The standard InChI is InChI=1S/C19H23ClN2O3/c1-12-6-4-5-7-16(12)22-19(23)14(11-21)8-13-9-17(24-2)18(25-3)10-15(13)20/h8-10,12,16H,4-7H2,1-3H3,(H,22,23)/b14-8+/t12-,16+/m1/s1. The third-order valence-electron chi connectivity index (χ3n) is 4.60. The highest BCUT2D eigenvalue weighted by Crippen LogP contribution is 2.34. The molecule has 0 radical (unpaired) electrons. The third-order valence-corrected chi connectivity index (χ3v) is 4.92. The number of ether oxygens (including phenoxy) is 2. The van der Waals surface area contributed by atoms with Gasteiger partial charge in [-0.05, 0) is 36.5 Å². The third kappa shape index (κ3) is 4.67. The molecule has 6 heteroatoms. The molecule has 1 aromatic carbocycles. The molecule has 1 amide bonds. The molecule has 2 atom stereocenters. The highest BCUT2D eigenvalue weighted by Gasteiger charge is 2.24. The number of halogens is 1. The number of nitrogens with one attached hydrogen (secondary N) is 1. The Hall–Kier alpha value is -2.19. The minimum Gasteiger partial charge on any atom is -0.493 e. The van der Waals surface area contributed by atoms with Crippen LogP contribution in [0.3, 0.4) is 0 Å². The summed E-state index contributed by atoms with van der Waals surface area (Å²) in [6, 6.07) is 5.32. The van der Waals surface area contributed by atoms with Gasteiger partial charge in [-0.25, -0.2) is 0 Å². The predicted molar refractivity (Wildman–Crippen MR) is 97.7 cm³/mol. The maximum absolute atomic E-state index is 12.5. The van der Waals surface area contributed by atoms with E-state index in [4.69, 9.17) is 21.1 Å². The van der Waals surface area contributed by atoms with Crippen molar-refractivity contribution in [2.45, 2.75) is 38.6 Å². The number of carbonyl (C=O) groups is 1. The van der Waals surface area contributed by atoms with E-state index in [-0.39, 0.29) is 17.5 Å². The first-order valence-corrected chi connectivity index (χ1v) is 8.72. The topological polar surface area (TPSA) is 71.3 Å². The van der Waals surface area contributed by atoms with Gasteiger partial charge in [0.25, 0.3) is 5.91 Å². The number of benzene rings is 1. The maximum Gasteiger partial charge on any atom is 0.262 e. The molecule has 0 aromatic heterocycles. The normalized spacial score (nSPS) is 20.5. The van der Waals surface area contributed by atoms with Crippen LogP contribution in [0.1, 0.15) is 38.2 Å². The summed E-state index contributed by atoms with van der Waals surface area (Å²) in [5, 5.41) is 12.8. The largest absolute Gasteiger partial charge is 0.493 e. The van der Waals surface area contributed by atoms with Crippen LogP contribution in [0.2, 0.25) is 5.02 Å². The Labute approximate surface area is 153 Å². The molecule has 1 saturated carbocycles. The summed E-state index contributed by atoms with van der Waals surface area (Å²) in [5.41, 5.74) is 0.551. The summed E-state index contributed by atoms with van der Waals surface area (Å²) in [5.74, 6) is 1.02. The fourth-order valence-electron chi connectivity index (χ4n) is 3.06. The summed E-state index contributed by atoms with van der Waals surface area (Å²) in [6.45, 7) is 2.13. The molecule has 134 valence electrons. The Morgan fingerprint density at radius 1 is 1.28 bits per heavy atom. The molecule has 0 unspecified atom stereocenters. The van der Waals surface area contributed by atoms with Gasteiger partial charge in [-0.2, -0.15) is 5.26 Å². The lowest BCUT2D eigenvalue weighted by molar-refractivity contribution is -0.118. The number of amides is 1. The van der Waals surface area contributed by atoms with E-state index in [1.54, 1.807) is 12.1 Å². The molecule has 0 bridgehead atoms. The van der Waals surface area contributed by atoms with Crippen LogP contribution in [0.15, 0.2) is 17.7 Å². The van der Waals surface area contributed by atoms with Crippen molar-refractivity contribution >= 4 is 23.6 Å². The van der Waals surface area contributed by atoms with Gasteiger partial charge in [0.1, 0.15) is 11.6 Å². The van der Waals surface area contributed by atoms with E-state index >= 15 is 0 Å². The zero-order valence-electron chi connectivity index (χ0n) is 14.8. The highest BCUT2D eigenvalue weighted by molar-refractivity contribution is 6.32. The second kappa shape index (κ2) is 8.77. The minimum absolute atomic E-state index is 0.0203. The minimum atomic E-state index is -0.368. The van der Waals surface area contributed by atoms with Crippen molar-refractivity contribution in [3.8, 4) is 17.6 Å². The van der Waals surface area contributed by atoms with Gasteiger partial charge >= 0.3 is 0 Å². The molecule has 1 aromatic rings. The molecule has 1 aliphatic carbocycles. The molecule has 1 fully saturated rings. The van der Waals surface area contributed by atoms with Crippen LogP contribution in [0.25, 0.3) is 6.08 Å². The van der Waals surface area contributed by atoms with Crippen molar-refractivity contribution < 1.29 is 14.3 Å². The fourth-order valence-corrected chi connectivity index (χ4v) is 3.27. The van der Waals surface area contributed by atoms with Gasteiger partial charge in [-0.3, -0.25) is 4.79 Å². The Bertz CT molecular complexity index is 709. The number of hydrogen-bond acceptors (Lipinski definition) is 4. The van der Waals surface area contributed by atoms with Gasteiger partial charge in [0, 0.05) is 12.1 Å². The molecular weight excluding hydrogens is 340 g/mol. The van der Waals surface area contributed by atoms with Crippen molar-refractivity contribution in [2.75, 3.05) is 14.2 Å². The van der Waals surface area contributed by atoms with E-state index < -0.39 is 0 Å². The quantitative estimate of drug-likeness (QED) is 0.635. The molecule has 25 heavy (non-hydrogen) atoms.